The third kappa shape index (κ3) is 6.92. The lowest BCUT2D eigenvalue weighted by molar-refractivity contribution is 0.332. The Labute approximate surface area is 536 Å². The van der Waals surface area contributed by atoms with E-state index in [4.69, 9.17) is 0 Å². The van der Waals surface area contributed by atoms with E-state index in [-0.39, 0.29) is 57.0 Å². The Morgan fingerprint density at radius 1 is 0.300 bits per heavy atom. The minimum absolute atomic E-state index is 0.0118. The van der Waals surface area contributed by atoms with E-state index in [0.717, 1.165) is 12.8 Å². The van der Waals surface area contributed by atoms with Crippen molar-refractivity contribution in [3.8, 4) is 22.3 Å². The van der Waals surface area contributed by atoms with Crippen LogP contribution in [0, 0.1) is 13.8 Å². The fourth-order valence-electron chi connectivity index (χ4n) is 20.1. The molecule has 4 aliphatic carbocycles. The van der Waals surface area contributed by atoms with Gasteiger partial charge in [0.05, 0.1) is 11.0 Å². The van der Waals surface area contributed by atoms with Crippen LogP contribution < -0.4 is 31.7 Å². The first-order valence-corrected chi connectivity index (χ1v) is 34.6. The summed E-state index contributed by atoms with van der Waals surface area (Å²) in [6, 6.07) is 50.9. The zero-order chi connectivity index (χ0) is 62.6. The quantitative estimate of drug-likeness (QED) is 0.160. The first-order valence-electron chi connectivity index (χ1n) is 34.6. The molecule has 6 heterocycles. The molecule has 8 aromatic carbocycles. The predicted octanol–water partition coefficient (Wildman–Crippen LogP) is 19.6. The van der Waals surface area contributed by atoms with Gasteiger partial charge in [-0.3, -0.25) is 0 Å². The Morgan fingerprint density at radius 3 is 0.956 bits per heavy atom. The maximum absolute atomic E-state index is 2.92. The molecule has 2 aromatic heterocycles. The summed E-state index contributed by atoms with van der Waals surface area (Å²) in [6.07, 6.45) is 9.41. The number of rotatable bonds is 2. The molecule has 0 saturated heterocycles. The molecule has 90 heavy (non-hydrogen) atoms. The topological polar surface area (TPSA) is 16.3 Å². The summed E-state index contributed by atoms with van der Waals surface area (Å²) in [5, 5.41) is 2.70. The third-order valence-corrected chi connectivity index (χ3v) is 26.0. The van der Waals surface area contributed by atoms with Crippen LogP contribution in [0.4, 0.5) is 34.1 Å². The van der Waals surface area contributed by atoms with Crippen molar-refractivity contribution in [3.05, 3.63) is 177 Å². The van der Waals surface area contributed by atoms with Gasteiger partial charge in [0, 0.05) is 67.1 Å². The molecule has 0 atom stereocenters. The fraction of sp³-hybridized carbons (Fsp3) is 0.405. The number of hydrogen-bond donors (Lipinski definition) is 0. The van der Waals surface area contributed by atoms with Crippen molar-refractivity contribution in [1.82, 2.24) is 8.96 Å². The van der Waals surface area contributed by atoms with Crippen molar-refractivity contribution in [3.63, 3.8) is 0 Å². The van der Waals surface area contributed by atoms with Gasteiger partial charge < -0.3 is 18.8 Å². The molecule has 0 radical (unpaired) electrons. The Kier molecular flexibility index (Phi) is 10.6. The number of aryl methyl sites for hydroxylation is 2. The molecule has 18 rings (SSSR count). The molecule has 0 fully saturated rings. The number of benzene rings is 8. The van der Waals surface area contributed by atoms with Gasteiger partial charge in [0.25, 0.3) is 0 Å². The van der Waals surface area contributed by atoms with Gasteiger partial charge in [-0.05, 0) is 246 Å². The highest BCUT2D eigenvalue weighted by molar-refractivity contribution is 6.92. The molecule has 6 heteroatoms. The van der Waals surface area contributed by atoms with Crippen LogP contribution in [0.2, 0.25) is 0 Å². The molecular formula is C84H90B2N4. The summed E-state index contributed by atoms with van der Waals surface area (Å²) in [5.41, 5.74) is 39.7. The average Bonchev–Trinajstić information content (AvgIpc) is 1.43. The third-order valence-electron chi connectivity index (χ3n) is 26.0. The molecule has 4 aliphatic heterocycles. The van der Waals surface area contributed by atoms with Crippen LogP contribution >= 0.6 is 0 Å². The zero-order valence-electron chi connectivity index (χ0n) is 57.1. The van der Waals surface area contributed by atoms with E-state index in [0.29, 0.717) is 0 Å². The van der Waals surface area contributed by atoms with Gasteiger partial charge in [-0.25, -0.2) is 0 Å². The largest absolute Gasteiger partial charge is 0.374 e. The van der Waals surface area contributed by atoms with Gasteiger partial charge in [-0.15, -0.1) is 0 Å². The Morgan fingerprint density at radius 2 is 0.611 bits per heavy atom. The van der Waals surface area contributed by atoms with Gasteiger partial charge in [0.2, 0.25) is 0 Å². The van der Waals surface area contributed by atoms with Crippen molar-refractivity contribution in [2.75, 3.05) is 9.80 Å². The first-order chi connectivity index (χ1) is 42.4. The second-order valence-corrected chi connectivity index (χ2v) is 35.1. The van der Waals surface area contributed by atoms with Gasteiger partial charge in [-0.1, -0.05) is 184 Å². The first kappa shape index (κ1) is 55.7. The van der Waals surface area contributed by atoms with Crippen molar-refractivity contribution in [1.29, 1.82) is 0 Å². The second-order valence-electron chi connectivity index (χ2n) is 35.1. The second kappa shape index (κ2) is 17.1. The van der Waals surface area contributed by atoms with E-state index in [1.807, 2.05) is 0 Å². The van der Waals surface area contributed by atoms with Gasteiger partial charge >= 0.3 is 13.7 Å². The van der Waals surface area contributed by atoms with E-state index in [1.54, 1.807) is 0 Å². The Bertz CT molecular complexity index is 4650. The molecule has 0 amide bonds. The van der Waals surface area contributed by atoms with Crippen molar-refractivity contribution >= 4 is 103 Å². The summed E-state index contributed by atoms with van der Waals surface area (Å²) in [4.78, 5) is 5.47. The molecular weight excluding hydrogens is 1090 g/mol. The minimum Gasteiger partial charge on any atom is -0.374 e. The zero-order valence-corrected chi connectivity index (χ0v) is 57.1. The lowest BCUT2D eigenvalue weighted by atomic mass is 9.44. The molecule has 0 saturated carbocycles. The molecule has 10 aromatic rings. The number of hydrogen-bond acceptors (Lipinski definition) is 2. The standard InChI is InChI=1S/C84H90B2N4/c1-47-25-31-65-71-69(47)51-21-19-23-53-73(51)89(85(71)63-43-59-61(83(15,16)39-37-81(59,11)12)45-67(63)87(65)49-27-29-55-57(41-49)79(7,8)35-33-77(55,3)4)76-54-24-20-22-52-70-48(2)26-32-66-72(70)86(90(74(52)54)75(53)76)64-44-60-62(84(17,18)40-38-82(60,13)14)46-68(64)88(66)50-28-30-56-58(42-50)80(9,10)36-34-78(56,5)6/h19-32,41-46H,33-40H2,1-18H3. The monoisotopic (exact) mass is 1180 g/mol. The molecule has 452 valence electrons. The maximum atomic E-state index is 2.92. The molecule has 4 nitrogen and oxygen atoms in total. The summed E-state index contributed by atoms with van der Waals surface area (Å²) in [5.74, 6) is 0. The van der Waals surface area contributed by atoms with Gasteiger partial charge in [0.15, 0.2) is 0 Å². The summed E-state index contributed by atoms with van der Waals surface area (Å²) in [7, 11) is 0. The lowest BCUT2D eigenvalue weighted by Gasteiger charge is -2.47. The smallest absolute Gasteiger partial charge is 0.333 e. The molecule has 0 bridgehead atoms. The van der Waals surface area contributed by atoms with E-state index >= 15 is 0 Å². The van der Waals surface area contributed by atoms with Crippen LogP contribution in [0.15, 0.2) is 121 Å². The van der Waals surface area contributed by atoms with Gasteiger partial charge in [-0.2, -0.15) is 0 Å². The van der Waals surface area contributed by atoms with E-state index < -0.39 is 0 Å². The summed E-state index contributed by atoms with van der Waals surface area (Å²) >= 11 is 0. The number of para-hydroxylation sites is 2. The SMILES string of the molecule is Cc1ccc2c3c1-c1cccc4c1n(c1c5cccc6c5n(c41)B1c4cc5c(cc4N(c4ccc7c(c4)C(C)(C)CCC7(C)C)c4ccc(C)c-6c41)C(C)(C)CCC5(C)C)B3c1cc3c(cc1N2c1ccc2c(c1)C(C)(C)CCC2(C)C)C(C)(C)CCC3(C)C. The molecule has 0 spiro atoms. The van der Waals surface area contributed by atoms with E-state index in [9.17, 15) is 0 Å². The van der Waals surface area contributed by atoms with Crippen molar-refractivity contribution in [2.45, 2.75) is 219 Å². The molecule has 8 aliphatic rings. The molecule has 0 N–H and O–H groups in total. The van der Waals surface area contributed by atoms with Crippen LogP contribution in [0.5, 0.6) is 0 Å². The highest BCUT2D eigenvalue weighted by atomic mass is 15.2. The van der Waals surface area contributed by atoms with Crippen LogP contribution in [0.25, 0.3) is 55.1 Å². The van der Waals surface area contributed by atoms with Gasteiger partial charge in [0.1, 0.15) is 0 Å². The van der Waals surface area contributed by atoms with Crippen LogP contribution in [0.1, 0.15) is 218 Å². The average molecular weight is 1180 g/mol. The predicted molar refractivity (Wildman–Crippen MR) is 387 cm³/mol. The number of fused-ring (bicyclic) bond motifs is 17. The maximum Gasteiger partial charge on any atom is 0.333 e. The number of nitrogens with zero attached hydrogens (tertiary/aromatic N) is 4. The fourth-order valence-corrected chi connectivity index (χ4v) is 20.1. The van der Waals surface area contributed by atoms with Crippen LogP contribution in [-0.2, 0) is 43.3 Å². The Hall–Kier alpha value is -7.17. The number of aromatic nitrogens is 2. The van der Waals surface area contributed by atoms with Crippen LogP contribution in [-0.4, -0.2) is 22.7 Å². The summed E-state index contributed by atoms with van der Waals surface area (Å²) in [6.45, 7) is 44.7. The normalized spacial score (nSPS) is 21.0. The number of anilines is 6. The highest BCUT2D eigenvalue weighted by Crippen LogP contribution is 2.58. The van der Waals surface area contributed by atoms with E-state index in [2.05, 4.69) is 265 Å². The molecule has 0 unspecified atom stereocenters. The lowest BCUT2D eigenvalue weighted by Crippen LogP contribution is -2.57. The van der Waals surface area contributed by atoms with E-state index in [1.165, 1.54) is 205 Å². The van der Waals surface area contributed by atoms with Crippen LogP contribution in [0.3, 0.4) is 0 Å². The van der Waals surface area contributed by atoms with Crippen molar-refractivity contribution < 1.29 is 0 Å². The summed E-state index contributed by atoms with van der Waals surface area (Å²) < 4.78 is 5.84. The highest BCUT2D eigenvalue weighted by Gasteiger charge is 2.52. The minimum atomic E-state index is -0.0826. The van der Waals surface area contributed by atoms with Crippen molar-refractivity contribution in [2.24, 2.45) is 0 Å². The Balaban J connectivity index is 0.962.